The van der Waals surface area contributed by atoms with E-state index >= 15 is 0 Å². The molecule has 4 rings (SSSR count). The number of carboxylic acid groups (broad SMARTS) is 1. The second-order valence-corrected chi connectivity index (χ2v) is 9.00. The molecule has 5 nitrogen and oxygen atoms in total. The predicted octanol–water partition coefficient (Wildman–Crippen LogP) is 4.54. The number of benzene rings is 2. The Kier molecular flexibility index (Phi) is 6.74. The summed E-state index contributed by atoms with van der Waals surface area (Å²) in [5, 5.41) is 9.03. The van der Waals surface area contributed by atoms with Crippen LogP contribution in [0.2, 0.25) is 0 Å². The average molecular weight is 460 g/mol. The van der Waals surface area contributed by atoms with Crippen molar-refractivity contribution in [2.24, 2.45) is 5.92 Å². The van der Waals surface area contributed by atoms with E-state index < -0.39 is 24.1 Å². The van der Waals surface area contributed by atoms with E-state index in [1.807, 2.05) is 18.2 Å². The minimum Gasteiger partial charge on any atom is -0.478 e. The van der Waals surface area contributed by atoms with E-state index in [0.29, 0.717) is 6.42 Å². The van der Waals surface area contributed by atoms with E-state index in [1.165, 1.54) is 17.7 Å². The van der Waals surface area contributed by atoms with Crippen molar-refractivity contribution in [1.82, 2.24) is 9.80 Å². The van der Waals surface area contributed by atoms with Gasteiger partial charge in [-0.2, -0.15) is 13.2 Å². The second-order valence-electron chi connectivity index (χ2n) is 9.00. The van der Waals surface area contributed by atoms with Crippen molar-refractivity contribution in [3.63, 3.8) is 0 Å². The number of carboxylic acids is 1. The monoisotopic (exact) mass is 460 g/mol. The quantitative estimate of drug-likeness (QED) is 0.659. The number of amides is 1. The van der Waals surface area contributed by atoms with Crippen LogP contribution in [0.3, 0.4) is 0 Å². The molecule has 1 saturated carbocycles. The molecule has 8 heteroatoms. The second kappa shape index (κ2) is 9.55. The lowest BCUT2D eigenvalue weighted by Gasteiger charge is -2.35. The van der Waals surface area contributed by atoms with Crippen molar-refractivity contribution >= 4 is 11.9 Å². The number of halogens is 3. The molecule has 1 aliphatic carbocycles. The third kappa shape index (κ3) is 5.74. The van der Waals surface area contributed by atoms with E-state index in [0.717, 1.165) is 42.9 Å². The van der Waals surface area contributed by atoms with Crippen LogP contribution in [-0.4, -0.2) is 58.6 Å². The van der Waals surface area contributed by atoms with E-state index in [9.17, 15) is 22.8 Å². The highest BCUT2D eigenvalue weighted by Gasteiger charge is 2.52. The third-order valence-corrected chi connectivity index (χ3v) is 6.66. The number of hydrogen-bond donors (Lipinski definition) is 1. The Labute approximate surface area is 190 Å². The predicted molar refractivity (Wildman–Crippen MR) is 117 cm³/mol. The Morgan fingerprint density at radius 2 is 1.64 bits per heavy atom. The van der Waals surface area contributed by atoms with Crippen LogP contribution in [0.15, 0.2) is 54.6 Å². The summed E-state index contributed by atoms with van der Waals surface area (Å²) in [6.45, 7) is 2.50. The molecular formula is C25H27F3N2O3. The lowest BCUT2D eigenvalue weighted by Crippen LogP contribution is -2.47. The average Bonchev–Trinajstić information content (AvgIpc) is 3.59. The summed E-state index contributed by atoms with van der Waals surface area (Å²) in [6, 6.07) is 15.7. The van der Waals surface area contributed by atoms with Crippen molar-refractivity contribution < 1.29 is 27.9 Å². The Morgan fingerprint density at radius 3 is 2.21 bits per heavy atom. The number of alkyl halides is 3. The molecule has 0 spiro atoms. The number of carbonyl (C=O) groups is 2. The molecule has 2 aliphatic rings. The number of carbonyl (C=O) groups excluding carboxylic acids is 1. The first-order valence-electron chi connectivity index (χ1n) is 11.2. The van der Waals surface area contributed by atoms with Gasteiger partial charge in [0.05, 0.1) is 5.56 Å². The number of hydrogen-bond acceptors (Lipinski definition) is 3. The highest BCUT2D eigenvalue weighted by molar-refractivity contribution is 5.87. The summed E-state index contributed by atoms with van der Waals surface area (Å²) in [5.41, 5.74) is 2.10. The third-order valence-electron chi connectivity index (χ3n) is 6.66. The summed E-state index contributed by atoms with van der Waals surface area (Å²) >= 11 is 0. The maximum Gasteiger partial charge on any atom is 0.471 e. The van der Waals surface area contributed by atoms with Crippen molar-refractivity contribution in [1.29, 1.82) is 0 Å². The van der Waals surface area contributed by atoms with Crippen LogP contribution in [-0.2, 0) is 11.3 Å². The van der Waals surface area contributed by atoms with Gasteiger partial charge in [-0.1, -0.05) is 42.5 Å². The maximum absolute atomic E-state index is 13.4. The van der Waals surface area contributed by atoms with Gasteiger partial charge in [-0.05, 0) is 61.5 Å². The van der Waals surface area contributed by atoms with E-state index in [1.54, 1.807) is 12.1 Å². The van der Waals surface area contributed by atoms with Gasteiger partial charge in [0.15, 0.2) is 0 Å². The molecule has 2 aromatic rings. The fourth-order valence-corrected chi connectivity index (χ4v) is 4.74. The topological polar surface area (TPSA) is 60.9 Å². The first-order chi connectivity index (χ1) is 15.7. The zero-order chi connectivity index (χ0) is 23.6. The van der Waals surface area contributed by atoms with Gasteiger partial charge in [0.25, 0.3) is 0 Å². The molecule has 0 bridgehead atoms. The molecule has 1 N–H and O–H groups in total. The van der Waals surface area contributed by atoms with Crippen LogP contribution >= 0.6 is 0 Å². The Morgan fingerprint density at radius 1 is 1.00 bits per heavy atom. The summed E-state index contributed by atoms with van der Waals surface area (Å²) in [6.07, 6.45) is -2.95. The summed E-state index contributed by atoms with van der Waals surface area (Å²) in [7, 11) is 0. The minimum absolute atomic E-state index is 0.0268. The first-order valence-corrected chi connectivity index (χ1v) is 11.2. The van der Waals surface area contributed by atoms with Gasteiger partial charge in [-0.25, -0.2) is 4.79 Å². The highest BCUT2D eigenvalue weighted by atomic mass is 19.4. The van der Waals surface area contributed by atoms with E-state index in [2.05, 4.69) is 17.0 Å². The molecule has 1 amide bonds. The molecule has 1 saturated heterocycles. The number of rotatable bonds is 7. The molecule has 2 fully saturated rings. The van der Waals surface area contributed by atoms with Gasteiger partial charge in [0.1, 0.15) is 0 Å². The normalized spacial score (nSPS) is 21.5. The molecule has 1 aliphatic heterocycles. The lowest BCUT2D eigenvalue weighted by atomic mass is 9.95. The van der Waals surface area contributed by atoms with Gasteiger partial charge in [0, 0.05) is 25.0 Å². The molecule has 0 unspecified atom stereocenters. The van der Waals surface area contributed by atoms with E-state index in [-0.39, 0.29) is 23.9 Å². The lowest BCUT2D eigenvalue weighted by molar-refractivity contribution is -0.187. The molecule has 33 heavy (non-hydrogen) atoms. The Bertz CT molecular complexity index is 971. The maximum atomic E-state index is 13.4. The molecule has 2 atom stereocenters. The molecule has 1 heterocycles. The van der Waals surface area contributed by atoms with E-state index in [4.69, 9.17) is 5.11 Å². The molecule has 2 aromatic carbocycles. The number of aromatic carboxylic acids is 1. The van der Waals surface area contributed by atoms with Crippen molar-refractivity contribution in [3.05, 3.63) is 71.3 Å². The smallest absolute Gasteiger partial charge is 0.471 e. The van der Waals surface area contributed by atoms with Crippen LogP contribution in [0, 0.1) is 5.92 Å². The fourth-order valence-electron chi connectivity index (χ4n) is 4.74. The van der Waals surface area contributed by atoms with Crippen LogP contribution in [0.1, 0.15) is 46.7 Å². The zero-order valence-electron chi connectivity index (χ0n) is 18.2. The summed E-state index contributed by atoms with van der Waals surface area (Å²) in [5.74, 6) is -3.00. The van der Waals surface area contributed by atoms with Crippen molar-refractivity contribution in [3.8, 4) is 0 Å². The van der Waals surface area contributed by atoms with Crippen molar-refractivity contribution in [2.45, 2.75) is 43.9 Å². The van der Waals surface area contributed by atoms with Crippen LogP contribution in [0.25, 0.3) is 0 Å². The first kappa shape index (κ1) is 23.3. The molecule has 0 aromatic heterocycles. The van der Waals surface area contributed by atoms with Gasteiger partial charge in [-0.15, -0.1) is 0 Å². The van der Waals surface area contributed by atoms with Crippen molar-refractivity contribution in [2.75, 3.05) is 19.6 Å². The van der Waals surface area contributed by atoms with Gasteiger partial charge >= 0.3 is 18.1 Å². The Balaban J connectivity index is 1.38. The van der Waals surface area contributed by atoms with Crippen LogP contribution in [0.5, 0.6) is 0 Å². The number of nitrogens with zero attached hydrogens (tertiary/aromatic N) is 2. The zero-order valence-corrected chi connectivity index (χ0v) is 18.2. The number of likely N-dealkylation sites (tertiary alicyclic amines) is 1. The summed E-state index contributed by atoms with van der Waals surface area (Å²) < 4.78 is 40.1. The highest BCUT2D eigenvalue weighted by Crippen LogP contribution is 2.46. The minimum atomic E-state index is -4.91. The Hall–Kier alpha value is -2.87. The van der Waals surface area contributed by atoms with Gasteiger partial charge < -0.3 is 10.0 Å². The van der Waals surface area contributed by atoms with Gasteiger partial charge in [-0.3, -0.25) is 9.69 Å². The summed E-state index contributed by atoms with van der Waals surface area (Å²) in [4.78, 5) is 26.6. The fraction of sp³-hybridized carbons (Fsp3) is 0.440. The van der Waals surface area contributed by atoms with Crippen LogP contribution in [0.4, 0.5) is 13.2 Å². The molecule has 0 radical (unpaired) electrons. The number of piperidine rings is 1. The largest absolute Gasteiger partial charge is 0.478 e. The van der Waals surface area contributed by atoms with Crippen LogP contribution < -0.4 is 0 Å². The van der Waals surface area contributed by atoms with Gasteiger partial charge in [0.2, 0.25) is 0 Å². The molecule has 176 valence electrons. The standard InChI is InChI=1S/C25H27F3N2O3/c26-25(27,28)24(33)30(22-14-21(22)19-6-8-20(9-7-19)23(31)32)16-18-10-12-29(13-11-18)15-17-4-2-1-3-5-17/h1-9,18,21-22H,10-16H2,(H,31,32)/t21-,22+/m1/s1. The SMILES string of the molecule is O=C(O)c1ccc([C@H]2C[C@@H]2N(CC2CCN(Cc3ccccc3)CC2)C(=O)C(F)(F)F)cc1. The molecular weight excluding hydrogens is 433 g/mol.